The predicted molar refractivity (Wildman–Crippen MR) is 130 cm³/mol. The average molecular weight is 457 g/mol. The molecule has 0 amide bonds. The second-order valence-corrected chi connectivity index (χ2v) is 8.44. The molecule has 1 saturated heterocycles. The van der Waals surface area contributed by atoms with Crippen LogP contribution in [0.1, 0.15) is 12.5 Å². The lowest BCUT2D eigenvalue weighted by atomic mass is 10.0. The number of piperazine rings is 1. The molecule has 34 heavy (non-hydrogen) atoms. The summed E-state index contributed by atoms with van der Waals surface area (Å²) < 4.78 is 9.03. The lowest BCUT2D eigenvalue weighted by Crippen LogP contribution is -2.47. The van der Waals surface area contributed by atoms with Gasteiger partial charge in [-0.15, -0.1) is 0 Å². The van der Waals surface area contributed by atoms with Crippen LogP contribution < -0.4 is 4.90 Å². The van der Waals surface area contributed by atoms with Crippen LogP contribution >= 0.6 is 0 Å². The summed E-state index contributed by atoms with van der Waals surface area (Å²) in [6.45, 7) is 8.46. The van der Waals surface area contributed by atoms with E-state index in [1.807, 2.05) is 38.8 Å². The fraction of sp³-hybridized carbons (Fsp3) is 0.360. The van der Waals surface area contributed by atoms with Gasteiger partial charge in [-0.2, -0.15) is 15.5 Å². The molecule has 1 aliphatic heterocycles. The monoisotopic (exact) mass is 456 g/mol. The number of rotatable bonds is 7. The molecule has 174 valence electrons. The number of ether oxygens (including phenoxy) is 1. The fourth-order valence-electron chi connectivity index (χ4n) is 4.42. The molecule has 4 aromatic heterocycles. The summed E-state index contributed by atoms with van der Waals surface area (Å²) in [5, 5.41) is 18.3. The summed E-state index contributed by atoms with van der Waals surface area (Å²) >= 11 is 0. The molecule has 0 aliphatic carbocycles. The van der Waals surface area contributed by atoms with E-state index in [4.69, 9.17) is 9.72 Å². The molecule has 0 atom stereocenters. The number of aromatic nitrogens is 5. The number of fused-ring (bicyclic) bond motifs is 1. The standard InChI is InChI=1S/C25H28N8O/c1-3-34-11-10-31-6-8-32(9-7-31)24-5-4-19(14-27-24)23-12-20(22-16-28-30(2)17-22)18-33-25(23)21(13-26)15-29-33/h4-5,12,14-18H,3,6-11H2,1-2H3. The summed E-state index contributed by atoms with van der Waals surface area (Å²) in [7, 11) is 1.89. The molecular formula is C25H28N8O. The van der Waals surface area contributed by atoms with E-state index in [1.54, 1.807) is 15.4 Å². The van der Waals surface area contributed by atoms with Crippen LogP contribution in [0.5, 0.6) is 0 Å². The smallest absolute Gasteiger partial charge is 0.128 e. The molecule has 0 bridgehead atoms. The zero-order valence-electron chi connectivity index (χ0n) is 19.6. The first kappa shape index (κ1) is 22.1. The third-order valence-electron chi connectivity index (χ3n) is 6.28. The molecule has 0 unspecified atom stereocenters. The maximum Gasteiger partial charge on any atom is 0.128 e. The van der Waals surface area contributed by atoms with Crippen LogP contribution in [0.3, 0.4) is 0 Å². The number of anilines is 1. The highest BCUT2D eigenvalue weighted by Gasteiger charge is 2.19. The van der Waals surface area contributed by atoms with Gasteiger partial charge in [0.15, 0.2) is 0 Å². The zero-order chi connectivity index (χ0) is 23.5. The van der Waals surface area contributed by atoms with Gasteiger partial charge in [0.1, 0.15) is 11.9 Å². The molecule has 0 aromatic carbocycles. The van der Waals surface area contributed by atoms with Crippen LogP contribution in [0.4, 0.5) is 5.82 Å². The first-order chi connectivity index (χ1) is 16.7. The molecule has 4 aromatic rings. The quantitative estimate of drug-likeness (QED) is 0.395. The van der Waals surface area contributed by atoms with Crippen LogP contribution in [0.25, 0.3) is 27.8 Å². The van der Waals surface area contributed by atoms with Crippen LogP contribution in [-0.2, 0) is 11.8 Å². The van der Waals surface area contributed by atoms with E-state index >= 15 is 0 Å². The summed E-state index contributed by atoms with van der Waals surface area (Å²) in [6, 6.07) is 8.51. The molecule has 0 N–H and O–H groups in total. The SMILES string of the molecule is CCOCCN1CCN(c2ccc(-c3cc(-c4cnn(C)c4)cn4ncc(C#N)c34)cn2)CC1. The normalized spacial score (nSPS) is 14.6. The van der Waals surface area contributed by atoms with Crippen molar-refractivity contribution in [2.45, 2.75) is 6.92 Å². The van der Waals surface area contributed by atoms with Gasteiger partial charge < -0.3 is 9.64 Å². The highest BCUT2D eigenvalue weighted by Crippen LogP contribution is 2.32. The Morgan fingerprint density at radius 3 is 2.53 bits per heavy atom. The van der Waals surface area contributed by atoms with E-state index in [1.165, 1.54) is 0 Å². The lowest BCUT2D eigenvalue weighted by molar-refractivity contribution is 0.111. The van der Waals surface area contributed by atoms with Crippen molar-refractivity contribution >= 4 is 11.3 Å². The maximum absolute atomic E-state index is 9.64. The van der Waals surface area contributed by atoms with Crippen molar-refractivity contribution in [3.63, 3.8) is 0 Å². The van der Waals surface area contributed by atoms with Crippen molar-refractivity contribution in [2.75, 3.05) is 50.8 Å². The van der Waals surface area contributed by atoms with E-state index in [2.05, 4.69) is 44.3 Å². The number of nitriles is 1. The molecule has 5 heterocycles. The van der Waals surface area contributed by atoms with E-state index in [0.717, 1.165) is 79.5 Å². The topological polar surface area (TPSA) is 87.5 Å². The molecule has 0 spiro atoms. The first-order valence-electron chi connectivity index (χ1n) is 11.6. The van der Waals surface area contributed by atoms with Crippen molar-refractivity contribution in [3.05, 3.63) is 54.7 Å². The maximum atomic E-state index is 9.64. The van der Waals surface area contributed by atoms with Gasteiger partial charge in [0.25, 0.3) is 0 Å². The first-order valence-corrected chi connectivity index (χ1v) is 11.6. The Hall–Kier alpha value is -3.74. The van der Waals surface area contributed by atoms with Gasteiger partial charge in [-0.1, -0.05) is 0 Å². The minimum atomic E-state index is 0.542. The molecule has 0 saturated carbocycles. The predicted octanol–water partition coefficient (Wildman–Crippen LogP) is 2.83. The van der Waals surface area contributed by atoms with E-state index in [9.17, 15) is 5.26 Å². The van der Waals surface area contributed by atoms with Crippen molar-refractivity contribution in [2.24, 2.45) is 7.05 Å². The average Bonchev–Trinajstić information content (AvgIpc) is 3.50. The van der Waals surface area contributed by atoms with Crippen molar-refractivity contribution in [1.82, 2.24) is 29.3 Å². The van der Waals surface area contributed by atoms with Gasteiger partial charge in [0.2, 0.25) is 0 Å². The summed E-state index contributed by atoms with van der Waals surface area (Å²) in [5.74, 6) is 0.974. The van der Waals surface area contributed by atoms with Gasteiger partial charge in [0.05, 0.1) is 30.1 Å². The Morgan fingerprint density at radius 1 is 1.00 bits per heavy atom. The number of pyridine rings is 2. The Labute approximate surface area is 198 Å². The second kappa shape index (κ2) is 9.63. The Kier molecular flexibility index (Phi) is 6.25. The van der Waals surface area contributed by atoms with E-state index in [-0.39, 0.29) is 0 Å². The number of nitrogens with zero attached hydrogens (tertiary/aromatic N) is 8. The molecule has 0 radical (unpaired) electrons. The van der Waals surface area contributed by atoms with Crippen LogP contribution in [-0.4, -0.2) is 75.2 Å². The largest absolute Gasteiger partial charge is 0.380 e. The highest BCUT2D eigenvalue weighted by atomic mass is 16.5. The Bertz CT molecular complexity index is 1310. The third-order valence-corrected chi connectivity index (χ3v) is 6.28. The van der Waals surface area contributed by atoms with Gasteiger partial charge in [-0.25, -0.2) is 9.50 Å². The van der Waals surface area contributed by atoms with Crippen molar-refractivity contribution in [3.8, 4) is 28.3 Å². The number of hydrogen-bond donors (Lipinski definition) is 0. The van der Waals surface area contributed by atoms with Gasteiger partial charge >= 0.3 is 0 Å². The second-order valence-electron chi connectivity index (χ2n) is 8.44. The molecule has 1 fully saturated rings. The summed E-state index contributed by atoms with van der Waals surface area (Å²) in [5.41, 5.74) is 5.18. The molecular weight excluding hydrogens is 428 g/mol. The third kappa shape index (κ3) is 4.38. The fourth-order valence-corrected chi connectivity index (χ4v) is 4.42. The zero-order valence-corrected chi connectivity index (χ0v) is 19.6. The minimum Gasteiger partial charge on any atom is -0.380 e. The van der Waals surface area contributed by atoms with Crippen molar-refractivity contribution in [1.29, 1.82) is 5.26 Å². The van der Waals surface area contributed by atoms with Crippen LogP contribution in [0, 0.1) is 11.3 Å². The lowest BCUT2D eigenvalue weighted by Gasteiger charge is -2.35. The molecule has 1 aliphatic rings. The minimum absolute atomic E-state index is 0.542. The van der Waals surface area contributed by atoms with Crippen LogP contribution in [0.15, 0.2) is 49.2 Å². The Morgan fingerprint density at radius 2 is 1.85 bits per heavy atom. The molecule has 9 heteroatoms. The van der Waals surface area contributed by atoms with Crippen molar-refractivity contribution < 1.29 is 4.74 Å². The molecule has 9 nitrogen and oxygen atoms in total. The van der Waals surface area contributed by atoms with Gasteiger partial charge in [0, 0.05) is 87.2 Å². The highest BCUT2D eigenvalue weighted by molar-refractivity contribution is 5.87. The molecule has 5 rings (SSSR count). The van der Waals surface area contributed by atoms with Gasteiger partial charge in [-0.3, -0.25) is 9.58 Å². The summed E-state index contributed by atoms with van der Waals surface area (Å²) in [6.07, 6.45) is 9.24. The van der Waals surface area contributed by atoms with Gasteiger partial charge in [-0.05, 0) is 25.1 Å². The number of hydrogen-bond acceptors (Lipinski definition) is 7. The van der Waals surface area contributed by atoms with E-state index in [0.29, 0.717) is 5.56 Å². The Balaban J connectivity index is 1.41. The number of aryl methyl sites for hydroxylation is 1. The summed E-state index contributed by atoms with van der Waals surface area (Å²) in [4.78, 5) is 9.54. The van der Waals surface area contributed by atoms with E-state index < -0.39 is 0 Å². The van der Waals surface area contributed by atoms with Crippen LogP contribution in [0.2, 0.25) is 0 Å².